The maximum absolute atomic E-state index is 10.2. The van der Waals surface area contributed by atoms with Crippen molar-refractivity contribution in [3.63, 3.8) is 0 Å². The molecule has 0 aliphatic rings. The minimum atomic E-state index is -0.929. The molecule has 0 aromatic rings. The zero-order valence-electron chi connectivity index (χ0n) is 6.12. The zero-order valence-corrected chi connectivity index (χ0v) is 7.83. The Hall–Kier alpha value is -0.491. The van der Waals surface area contributed by atoms with Gasteiger partial charge < -0.3 is 0 Å². The summed E-state index contributed by atoms with van der Waals surface area (Å²) in [7, 11) is 0. The summed E-state index contributed by atoms with van der Waals surface area (Å²) in [5.41, 5.74) is 5.26. The summed E-state index contributed by atoms with van der Waals surface area (Å²) >= 11 is 0.363. The first kappa shape index (κ1) is 10.5. The van der Waals surface area contributed by atoms with Crippen molar-refractivity contribution in [2.24, 2.45) is 5.73 Å². The van der Waals surface area contributed by atoms with E-state index in [1.54, 1.807) is 0 Å². The van der Waals surface area contributed by atoms with Crippen LogP contribution in [0.5, 0.6) is 0 Å². The molecule has 0 spiro atoms. The second-order valence-electron chi connectivity index (χ2n) is 1.99. The molecule has 0 bridgehead atoms. The van der Waals surface area contributed by atoms with Crippen molar-refractivity contribution in [2.45, 2.75) is 23.1 Å². The molecule has 0 saturated heterocycles. The Labute approximate surface area is 72.5 Å². The summed E-state index contributed by atoms with van der Waals surface area (Å²) in [6, 6.07) is -0.713. The van der Waals surface area contributed by atoms with Gasteiger partial charge in [0.15, 0.2) is 0 Å². The van der Waals surface area contributed by atoms with Crippen molar-refractivity contribution in [1.29, 1.82) is 0 Å². The van der Waals surface area contributed by atoms with Crippen LogP contribution >= 0.6 is 0 Å². The molecule has 4 heteroatoms. The summed E-state index contributed by atoms with van der Waals surface area (Å²) < 4.78 is 0. The number of aliphatic carboxylic acids is 1. The molecule has 0 aromatic heterocycles. The van der Waals surface area contributed by atoms with Crippen molar-refractivity contribution in [1.82, 2.24) is 0 Å². The summed E-state index contributed by atoms with van der Waals surface area (Å²) in [4.78, 5) is 10.2. The molecule has 0 rings (SSSR count). The van der Waals surface area contributed by atoms with E-state index >= 15 is 0 Å². The predicted molar refractivity (Wildman–Crippen MR) is 44.4 cm³/mol. The van der Waals surface area contributed by atoms with Crippen molar-refractivity contribution in [2.75, 3.05) is 0 Å². The minimum absolute atomic E-state index is 0.363. The molecule has 0 heterocycles. The SMILES string of the molecule is C#CC[Se]CCC(N)C(=O)O. The van der Waals surface area contributed by atoms with Crippen LogP contribution in [0, 0.1) is 12.3 Å². The fraction of sp³-hybridized carbons (Fsp3) is 0.571. The van der Waals surface area contributed by atoms with E-state index in [0.717, 1.165) is 10.6 Å². The fourth-order valence-corrected chi connectivity index (χ4v) is 1.90. The van der Waals surface area contributed by atoms with Gasteiger partial charge in [0.2, 0.25) is 0 Å². The first-order valence-corrected chi connectivity index (χ1v) is 5.60. The van der Waals surface area contributed by atoms with Gasteiger partial charge in [-0.2, -0.15) is 0 Å². The van der Waals surface area contributed by atoms with Crippen LogP contribution in [-0.4, -0.2) is 32.1 Å². The molecular formula is C7H11NO2Se. The Morgan fingerprint density at radius 3 is 2.91 bits per heavy atom. The Balaban J connectivity index is 3.26. The van der Waals surface area contributed by atoms with Crippen LogP contribution in [0.4, 0.5) is 0 Å². The van der Waals surface area contributed by atoms with Gasteiger partial charge >= 0.3 is 72.0 Å². The van der Waals surface area contributed by atoms with Crippen LogP contribution in [0.15, 0.2) is 0 Å². The van der Waals surface area contributed by atoms with E-state index < -0.39 is 12.0 Å². The Morgan fingerprint density at radius 1 is 1.82 bits per heavy atom. The van der Waals surface area contributed by atoms with Gasteiger partial charge in [-0.1, -0.05) is 0 Å². The van der Waals surface area contributed by atoms with Crippen LogP contribution in [0.2, 0.25) is 10.6 Å². The van der Waals surface area contributed by atoms with E-state index in [4.69, 9.17) is 17.3 Å². The van der Waals surface area contributed by atoms with Crippen LogP contribution in [0.1, 0.15) is 6.42 Å². The molecule has 1 unspecified atom stereocenters. The second kappa shape index (κ2) is 6.23. The molecule has 0 aromatic carbocycles. The number of nitrogens with two attached hydrogens (primary N) is 1. The molecule has 0 fully saturated rings. The van der Waals surface area contributed by atoms with Gasteiger partial charge in [0, 0.05) is 0 Å². The quantitative estimate of drug-likeness (QED) is 0.388. The van der Waals surface area contributed by atoms with E-state index in [1.807, 2.05) is 0 Å². The third-order valence-corrected chi connectivity index (χ3v) is 2.95. The molecule has 3 N–H and O–H groups in total. The van der Waals surface area contributed by atoms with Crippen molar-refractivity contribution >= 4 is 20.9 Å². The molecule has 0 aliphatic heterocycles. The van der Waals surface area contributed by atoms with E-state index in [2.05, 4.69) is 5.92 Å². The van der Waals surface area contributed by atoms with Crippen molar-refractivity contribution in [3.05, 3.63) is 0 Å². The number of hydrogen-bond donors (Lipinski definition) is 2. The fourth-order valence-electron chi connectivity index (χ4n) is 0.465. The average molecular weight is 220 g/mol. The number of carboxylic acid groups (broad SMARTS) is 1. The number of carboxylic acids is 1. The van der Waals surface area contributed by atoms with Gasteiger partial charge in [-0.25, -0.2) is 0 Å². The second-order valence-corrected chi connectivity index (χ2v) is 4.31. The Morgan fingerprint density at radius 2 is 2.45 bits per heavy atom. The number of carbonyl (C=O) groups is 1. The predicted octanol–water partition coefficient (Wildman–Crippen LogP) is -0.0376. The molecular weight excluding hydrogens is 209 g/mol. The number of hydrogen-bond acceptors (Lipinski definition) is 2. The topological polar surface area (TPSA) is 63.3 Å². The van der Waals surface area contributed by atoms with Crippen molar-refractivity contribution in [3.8, 4) is 12.3 Å². The standard InChI is InChI=1S/C7H11NO2Se/c1-2-4-11-5-3-6(8)7(9)10/h1,6H,3-5,8H2,(H,9,10). The van der Waals surface area contributed by atoms with Crippen molar-refractivity contribution < 1.29 is 9.90 Å². The molecule has 62 valence electrons. The zero-order chi connectivity index (χ0) is 8.69. The van der Waals surface area contributed by atoms with Crippen LogP contribution in [0.3, 0.4) is 0 Å². The molecule has 0 saturated carbocycles. The first-order chi connectivity index (χ1) is 5.18. The van der Waals surface area contributed by atoms with Gasteiger partial charge in [-0.05, 0) is 0 Å². The number of rotatable bonds is 5. The van der Waals surface area contributed by atoms with Gasteiger partial charge in [-0.15, -0.1) is 0 Å². The summed E-state index contributed by atoms with van der Waals surface area (Å²) in [5, 5.41) is 10.00. The summed E-state index contributed by atoms with van der Waals surface area (Å²) in [5.74, 6) is 1.58. The summed E-state index contributed by atoms with van der Waals surface area (Å²) in [6.45, 7) is 0. The monoisotopic (exact) mass is 221 g/mol. The van der Waals surface area contributed by atoms with E-state index in [-0.39, 0.29) is 0 Å². The maximum atomic E-state index is 10.2. The molecule has 11 heavy (non-hydrogen) atoms. The van der Waals surface area contributed by atoms with Gasteiger partial charge in [0.05, 0.1) is 0 Å². The van der Waals surface area contributed by atoms with E-state index in [1.165, 1.54) is 0 Å². The van der Waals surface area contributed by atoms with Crippen LogP contribution < -0.4 is 5.73 Å². The third-order valence-electron chi connectivity index (χ3n) is 1.08. The molecule has 0 radical (unpaired) electrons. The molecule has 3 nitrogen and oxygen atoms in total. The van der Waals surface area contributed by atoms with Gasteiger partial charge in [0.1, 0.15) is 0 Å². The van der Waals surface area contributed by atoms with Crippen LogP contribution in [-0.2, 0) is 4.79 Å². The Kier molecular flexibility index (Phi) is 5.96. The summed E-state index contributed by atoms with van der Waals surface area (Å²) in [6.07, 6.45) is 5.56. The average Bonchev–Trinajstić information content (AvgIpc) is 1.97. The molecule has 0 aliphatic carbocycles. The van der Waals surface area contributed by atoms with Gasteiger partial charge in [-0.3, -0.25) is 0 Å². The first-order valence-electron chi connectivity index (χ1n) is 3.18. The normalized spacial score (nSPS) is 12.0. The Bertz CT molecular complexity index is 164. The van der Waals surface area contributed by atoms with E-state index in [9.17, 15) is 4.79 Å². The van der Waals surface area contributed by atoms with Gasteiger partial charge in [0.25, 0.3) is 0 Å². The molecule has 0 amide bonds. The van der Waals surface area contributed by atoms with E-state index in [0.29, 0.717) is 21.4 Å². The number of terminal acetylenes is 1. The third kappa shape index (κ3) is 5.93. The molecule has 1 atom stereocenters. The van der Waals surface area contributed by atoms with Crippen LogP contribution in [0.25, 0.3) is 0 Å².